The van der Waals surface area contributed by atoms with E-state index in [1.54, 1.807) is 18.2 Å². The van der Waals surface area contributed by atoms with Crippen LogP contribution >= 0.6 is 0 Å². The zero-order valence-electron chi connectivity index (χ0n) is 28.5. The van der Waals surface area contributed by atoms with E-state index in [9.17, 15) is 14.4 Å². The van der Waals surface area contributed by atoms with Crippen molar-refractivity contribution >= 4 is 52.4 Å². The Hall–Kier alpha value is -5.12. The van der Waals surface area contributed by atoms with E-state index in [0.29, 0.717) is 36.3 Å². The summed E-state index contributed by atoms with van der Waals surface area (Å²) in [5, 5.41) is 13.4. The first-order valence-electron chi connectivity index (χ1n) is 17.7. The number of carbonyl (C=O) groups is 3. The van der Waals surface area contributed by atoms with Crippen LogP contribution < -0.4 is 36.0 Å². The number of primary amides is 1. The van der Waals surface area contributed by atoms with Gasteiger partial charge in [0.15, 0.2) is 11.5 Å². The average molecular weight is 704 g/mol. The van der Waals surface area contributed by atoms with Crippen LogP contribution in [0.1, 0.15) is 49.0 Å². The minimum atomic E-state index is -0.768. The smallest absolute Gasteiger partial charge is 0.328 e. The molecule has 0 aliphatic carbocycles. The van der Waals surface area contributed by atoms with Crippen molar-refractivity contribution in [2.45, 2.75) is 38.5 Å². The van der Waals surface area contributed by atoms with Crippen LogP contribution in [0.25, 0.3) is 0 Å². The number of piperazine rings is 1. The van der Waals surface area contributed by atoms with E-state index in [1.165, 1.54) is 17.0 Å². The van der Waals surface area contributed by atoms with Gasteiger partial charge in [-0.25, -0.2) is 13.6 Å². The number of nitrogens with one attached hydrogen (secondary N) is 2. The van der Waals surface area contributed by atoms with E-state index >= 15 is 8.78 Å². The van der Waals surface area contributed by atoms with E-state index in [2.05, 4.69) is 40.5 Å². The summed E-state index contributed by atoms with van der Waals surface area (Å²) in [7, 11) is 0. The molecule has 270 valence electrons. The molecule has 4 amide bonds. The SMILES string of the molecule is NC(=O)c1nnc(N2CCCCC2)nc1Nc1ccc(N2CCN(CC3CCN(c4ccc(N5CCC(=O)NC5=O)c(F)c4)CC3)CC2)c(F)c1. The number of nitrogens with zero attached hydrogens (tertiary/aromatic N) is 8. The van der Waals surface area contributed by atoms with Gasteiger partial charge in [0, 0.05) is 83.2 Å². The second-order valence-corrected chi connectivity index (χ2v) is 13.6. The summed E-state index contributed by atoms with van der Waals surface area (Å²) in [5.74, 6) is -0.915. The number of anilines is 6. The van der Waals surface area contributed by atoms with Gasteiger partial charge in [0.1, 0.15) is 11.6 Å². The fourth-order valence-electron chi connectivity index (χ4n) is 7.39. The van der Waals surface area contributed by atoms with E-state index in [-0.39, 0.29) is 41.9 Å². The summed E-state index contributed by atoms with van der Waals surface area (Å²) in [6, 6.07) is 9.21. The fraction of sp³-hybridized carbons (Fsp3) is 0.486. The van der Waals surface area contributed by atoms with Crippen molar-refractivity contribution in [2.75, 3.05) is 90.4 Å². The Morgan fingerprint density at radius 2 is 1.55 bits per heavy atom. The maximum absolute atomic E-state index is 15.5. The quantitative estimate of drug-likeness (QED) is 0.300. The Kier molecular flexibility index (Phi) is 10.1. The molecule has 0 saturated carbocycles. The van der Waals surface area contributed by atoms with Gasteiger partial charge in [-0.15, -0.1) is 10.2 Å². The third-order valence-corrected chi connectivity index (χ3v) is 10.2. The molecule has 4 N–H and O–H groups in total. The number of hydrogen-bond donors (Lipinski definition) is 3. The summed E-state index contributed by atoms with van der Waals surface area (Å²) in [5.41, 5.74) is 7.33. The summed E-state index contributed by atoms with van der Waals surface area (Å²) in [4.78, 5) is 50.1. The number of nitrogens with two attached hydrogens (primary N) is 1. The van der Waals surface area contributed by atoms with Gasteiger partial charge in [-0.05, 0) is 74.4 Å². The number of rotatable bonds is 9. The molecule has 51 heavy (non-hydrogen) atoms. The van der Waals surface area contributed by atoms with Crippen LogP contribution in [0.5, 0.6) is 0 Å². The minimum absolute atomic E-state index is 0.102. The highest BCUT2D eigenvalue weighted by atomic mass is 19.1. The molecular weight excluding hydrogens is 660 g/mol. The molecule has 3 aromatic rings. The summed E-state index contributed by atoms with van der Waals surface area (Å²) >= 11 is 0. The number of hydrogen-bond acceptors (Lipinski definition) is 11. The molecule has 2 aromatic carbocycles. The minimum Gasteiger partial charge on any atom is -0.371 e. The highest BCUT2D eigenvalue weighted by Gasteiger charge is 2.29. The maximum atomic E-state index is 15.5. The van der Waals surface area contributed by atoms with Crippen LogP contribution in [0, 0.1) is 17.6 Å². The molecule has 0 atom stereocenters. The molecule has 4 aliphatic heterocycles. The molecule has 14 nitrogen and oxygen atoms in total. The molecule has 4 aliphatic rings. The first kappa shape index (κ1) is 34.3. The fourth-order valence-corrected chi connectivity index (χ4v) is 7.39. The van der Waals surface area contributed by atoms with Gasteiger partial charge < -0.3 is 25.8 Å². The topological polar surface area (TPSA) is 156 Å². The van der Waals surface area contributed by atoms with Crippen molar-refractivity contribution in [1.82, 2.24) is 25.4 Å². The number of halogens is 2. The molecular formula is C35H43F2N11O3. The van der Waals surface area contributed by atoms with E-state index in [4.69, 9.17) is 5.73 Å². The lowest BCUT2D eigenvalue weighted by molar-refractivity contribution is -0.120. The van der Waals surface area contributed by atoms with Crippen LogP contribution in [0.4, 0.5) is 48.1 Å². The summed E-state index contributed by atoms with van der Waals surface area (Å²) < 4.78 is 30.5. The number of carbonyl (C=O) groups excluding carboxylic acids is 3. The third-order valence-electron chi connectivity index (χ3n) is 10.2. The Bertz CT molecular complexity index is 1770. The van der Waals surface area contributed by atoms with Crippen molar-refractivity contribution in [3.63, 3.8) is 0 Å². The molecule has 1 aromatic heterocycles. The number of benzene rings is 2. The van der Waals surface area contributed by atoms with Crippen LogP contribution in [0.15, 0.2) is 36.4 Å². The lowest BCUT2D eigenvalue weighted by Gasteiger charge is -2.40. The van der Waals surface area contributed by atoms with Gasteiger partial charge in [0.25, 0.3) is 5.91 Å². The molecule has 16 heteroatoms. The molecule has 0 spiro atoms. The predicted octanol–water partition coefficient (Wildman–Crippen LogP) is 3.47. The number of amides is 4. The molecule has 0 radical (unpaired) electrons. The first-order chi connectivity index (χ1) is 24.7. The second-order valence-electron chi connectivity index (χ2n) is 13.6. The van der Waals surface area contributed by atoms with Crippen LogP contribution in [0.3, 0.4) is 0 Å². The first-order valence-corrected chi connectivity index (χ1v) is 17.7. The average Bonchev–Trinajstić information content (AvgIpc) is 3.13. The maximum Gasteiger partial charge on any atom is 0.328 e. The van der Waals surface area contributed by atoms with E-state index < -0.39 is 17.8 Å². The van der Waals surface area contributed by atoms with Crippen LogP contribution in [-0.4, -0.2) is 103 Å². The lowest BCUT2D eigenvalue weighted by atomic mass is 9.95. The predicted molar refractivity (Wildman–Crippen MR) is 190 cm³/mol. The number of imide groups is 1. The van der Waals surface area contributed by atoms with E-state index in [1.807, 2.05) is 11.0 Å². The van der Waals surface area contributed by atoms with Gasteiger partial charge in [-0.1, -0.05) is 0 Å². The summed E-state index contributed by atoms with van der Waals surface area (Å²) in [6.07, 6.45) is 5.29. The lowest BCUT2D eigenvalue weighted by Crippen LogP contribution is -2.50. The molecule has 4 fully saturated rings. The monoisotopic (exact) mass is 703 g/mol. The van der Waals surface area contributed by atoms with Crippen molar-refractivity contribution < 1.29 is 23.2 Å². The second kappa shape index (κ2) is 15.0. The Balaban J connectivity index is 0.896. The molecule has 0 bridgehead atoms. The van der Waals surface area contributed by atoms with Crippen LogP contribution in [0.2, 0.25) is 0 Å². The van der Waals surface area contributed by atoms with Gasteiger partial charge in [0.2, 0.25) is 11.9 Å². The summed E-state index contributed by atoms with van der Waals surface area (Å²) in [6.45, 7) is 7.35. The van der Waals surface area contributed by atoms with Crippen molar-refractivity contribution in [3.8, 4) is 0 Å². The van der Waals surface area contributed by atoms with Gasteiger partial charge >= 0.3 is 6.03 Å². The number of aromatic nitrogens is 3. The normalized spacial score (nSPS) is 19.3. The van der Waals surface area contributed by atoms with E-state index in [0.717, 1.165) is 83.6 Å². The van der Waals surface area contributed by atoms with Crippen molar-refractivity contribution in [2.24, 2.45) is 11.7 Å². The number of piperidine rings is 2. The highest BCUT2D eigenvalue weighted by molar-refractivity contribution is 6.05. The van der Waals surface area contributed by atoms with Crippen molar-refractivity contribution in [3.05, 3.63) is 53.7 Å². The van der Waals surface area contributed by atoms with Gasteiger partial charge in [0.05, 0.1) is 11.4 Å². The Morgan fingerprint density at radius 3 is 2.24 bits per heavy atom. The molecule has 0 unspecified atom stereocenters. The number of urea groups is 1. The van der Waals surface area contributed by atoms with Crippen molar-refractivity contribution in [1.29, 1.82) is 0 Å². The standard InChI is InChI=1S/C35H43F2N11O3/c36-26-20-24(39-33-31(32(38)50)42-43-34(41-33)47-11-2-1-3-12-47)4-6-28(26)46-18-16-44(17-19-46)22-23-8-13-45(14-9-23)25-5-7-29(27(37)21-25)48-15-10-30(49)40-35(48)51/h4-7,20-21,23H,1-3,8-19,22H2,(H2,38,50)(H,39,41,43)(H,40,49,51). The van der Waals surface area contributed by atoms with Gasteiger partial charge in [-0.2, -0.15) is 4.98 Å². The zero-order chi connectivity index (χ0) is 35.5. The third kappa shape index (κ3) is 7.80. The molecule has 5 heterocycles. The molecule has 7 rings (SSSR count). The molecule has 4 saturated heterocycles. The largest absolute Gasteiger partial charge is 0.371 e. The Morgan fingerprint density at radius 1 is 0.824 bits per heavy atom. The van der Waals surface area contributed by atoms with Crippen LogP contribution in [-0.2, 0) is 4.79 Å². The van der Waals surface area contributed by atoms with Gasteiger partial charge in [-0.3, -0.25) is 24.7 Å². The Labute approximate surface area is 295 Å². The zero-order valence-corrected chi connectivity index (χ0v) is 28.5. The highest BCUT2D eigenvalue weighted by Crippen LogP contribution is 2.31.